The normalized spacial score (nSPS) is 10.1. The van der Waals surface area contributed by atoms with E-state index < -0.39 is 0 Å². The van der Waals surface area contributed by atoms with Crippen molar-refractivity contribution in [1.82, 2.24) is 9.97 Å². The number of rotatable bonds is 5. The van der Waals surface area contributed by atoms with Crippen molar-refractivity contribution in [2.45, 2.75) is 40.0 Å². The van der Waals surface area contributed by atoms with Crippen molar-refractivity contribution in [2.24, 2.45) is 0 Å². The molecule has 2 heterocycles. The Morgan fingerprint density at radius 3 is 2.82 bits per heavy atom. The van der Waals surface area contributed by atoms with E-state index in [0.717, 1.165) is 28.1 Å². The summed E-state index contributed by atoms with van der Waals surface area (Å²) in [5, 5.41) is 7.63. The number of nitrogens with zero attached hydrogens (tertiary/aromatic N) is 2. The highest BCUT2D eigenvalue weighted by Crippen LogP contribution is 2.27. The van der Waals surface area contributed by atoms with Crippen LogP contribution in [0.3, 0.4) is 0 Å². The zero-order valence-electron chi connectivity index (χ0n) is 13.5. The van der Waals surface area contributed by atoms with Crippen molar-refractivity contribution < 1.29 is 0 Å². The van der Waals surface area contributed by atoms with Gasteiger partial charge in [-0.05, 0) is 37.1 Å². The molecule has 22 heavy (non-hydrogen) atoms. The minimum Gasteiger partial charge on any atom is -0.331 e. The van der Waals surface area contributed by atoms with Gasteiger partial charge in [0.25, 0.3) is 0 Å². The Morgan fingerprint density at radius 1 is 1.14 bits per heavy atom. The average Bonchev–Trinajstić information content (AvgIpc) is 3.03. The first-order chi connectivity index (χ1) is 10.9. The summed E-state index contributed by atoms with van der Waals surface area (Å²) in [6.07, 6.45) is 5.28. The molecular formula is C18H23N3S. The number of hydrogen-bond acceptors (Lipinski definition) is 4. The van der Waals surface area contributed by atoms with Crippen LogP contribution in [0.2, 0.25) is 0 Å². The fourth-order valence-electron chi connectivity index (χ4n) is 2.16. The monoisotopic (exact) mass is 313 g/mol. The Bertz CT molecular complexity index is 701. The first-order valence-corrected chi connectivity index (χ1v) is 8.80. The minimum atomic E-state index is 0.951. The second-order valence-corrected chi connectivity index (χ2v) is 5.61. The summed E-state index contributed by atoms with van der Waals surface area (Å²) in [6, 6.07) is 10.1. The quantitative estimate of drug-likeness (QED) is 0.646. The second-order valence-electron chi connectivity index (χ2n) is 4.75. The number of aryl methyl sites for hydroxylation is 1. The smallest absolute Gasteiger partial charge is 0.187 e. The summed E-state index contributed by atoms with van der Waals surface area (Å²) < 4.78 is 0. The average molecular weight is 313 g/mol. The number of thiazole rings is 1. The first kappa shape index (κ1) is 16.4. The lowest BCUT2D eigenvalue weighted by molar-refractivity contribution is 0.782. The summed E-state index contributed by atoms with van der Waals surface area (Å²) in [5.41, 5.74) is 3.24. The maximum atomic E-state index is 4.64. The SMILES string of the molecule is CC.CCCCc1csc(Nc2cccc3ncccc23)n1. The number of benzene rings is 1. The molecule has 0 aliphatic carbocycles. The molecule has 0 atom stereocenters. The molecule has 0 unspecified atom stereocenters. The Morgan fingerprint density at radius 2 is 2.00 bits per heavy atom. The molecule has 1 N–H and O–H groups in total. The van der Waals surface area contributed by atoms with Crippen LogP contribution in [0.25, 0.3) is 10.9 Å². The van der Waals surface area contributed by atoms with E-state index >= 15 is 0 Å². The topological polar surface area (TPSA) is 37.8 Å². The van der Waals surface area contributed by atoms with Gasteiger partial charge in [-0.15, -0.1) is 11.3 Å². The standard InChI is InChI=1S/C16H17N3S.C2H6/c1-2-3-6-12-11-20-16(18-12)19-15-9-4-8-14-13(15)7-5-10-17-14;1-2/h4-5,7-11H,2-3,6H2,1H3,(H,18,19);1-2H3. The lowest BCUT2D eigenvalue weighted by atomic mass is 10.2. The molecule has 2 aromatic heterocycles. The van der Waals surface area contributed by atoms with Gasteiger partial charge in [0.1, 0.15) is 0 Å². The van der Waals surface area contributed by atoms with E-state index in [9.17, 15) is 0 Å². The van der Waals surface area contributed by atoms with Gasteiger partial charge in [-0.25, -0.2) is 4.98 Å². The third-order valence-corrected chi connectivity index (χ3v) is 4.03. The zero-order valence-corrected chi connectivity index (χ0v) is 14.3. The molecule has 0 spiro atoms. The van der Waals surface area contributed by atoms with Crippen LogP contribution in [-0.2, 0) is 6.42 Å². The number of hydrogen-bond donors (Lipinski definition) is 1. The van der Waals surface area contributed by atoms with E-state index in [1.54, 1.807) is 11.3 Å². The lowest BCUT2D eigenvalue weighted by Crippen LogP contribution is -1.92. The van der Waals surface area contributed by atoms with Gasteiger partial charge in [0.15, 0.2) is 5.13 Å². The highest BCUT2D eigenvalue weighted by atomic mass is 32.1. The van der Waals surface area contributed by atoms with Gasteiger partial charge < -0.3 is 5.32 Å². The highest BCUT2D eigenvalue weighted by molar-refractivity contribution is 7.13. The van der Waals surface area contributed by atoms with Gasteiger partial charge >= 0.3 is 0 Å². The third kappa shape index (κ3) is 4.04. The van der Waals surface area contributed by atoms with Crippen LogP contribution >= 0.6 is 11.3 Å². The van der Waals surface area contributed by atoms with Crippen molar-refractivity contribution in [3.05, 3.63) is 47.6 Å². The second kappa shape index (κ2) is 8.49. The fraction of sp³-hybridized carbons (Fsp3) is 0.333. The van der Waals surface area contributed by atoms with E-state index in [4.69, 9.17) is 0 Å². The van der Waals surface area contributed by atoms with Gasteiger partial charge in [-0.3, -0.25) is 4.98 Å². The molecule has 0 saturated carbocycles. The van der Waals surface area contributed by atoms with Gasteiger partial charge in [0, 0.05) is 22.7 Å². The number of aromatic nitrogens is 2. The summed E-state index contributed by atoms with van der Waals surface area (Å²) in [7, 11) is 0. The molecule has 4 heteroatoms. The first-order valence-electron chi connectivity index (χ1n) is 7.92. The number of fused-ring (bicyclic) bond motifs is 1. The van der Waals surface area contributed by atoms with Crippen molar-refractivity contribution in [3.63, 3.8) is 0 Å². The number of unbranched alkanes of at least 4 members (excludes halogenated alkanes) is 1. The van der Waals surface area contributed by atoms with Crippen LogP contribution in [0.15, 0.2) is 41.9 Å². The number of anilines is 2. The lowest BCUT2D eigenvalue weighted by Gasteiger charge is -2.06. The highest BCUT2D eigenvalue weighted by Gasteiger charge is 2.05. The summed E-state index contributed by atoms with van der Waals surface area (Å²) in [4.78, 5) is 9.01. The van der Waals surface area contributed by atoms with Crippen molar-refractivity contribution >= 4 is 33.1 Å². The van der Waals surface area contributed by atoms with Gasteiger partial charge in [0.05, 0.1) is 11.2 Å². The molecule has 0 amide bonds. The molecule has 0 fully saturated rings. The summed E-state index contributed by atoms with van der Waals surface area (Å²) >= 11 is 1.66. The molecule has 0 bridgehead atoms. The van der Waals surface area contributed by atoms with Crippen LogP contribution in [-0.4, -0.2) is 9.97 Å². The molecule has 116 valence electrons. The minimum absolute atomic E-state index is 0.951. The Kier molecular flexibility index (Phi) is 6.34. The Hall–Kier alpha value is -1.94. The van der Waals surface area contributed by atoms with Crippen LogP contribution in [0, 0.1) is 0 Å². The van der Waals surface area contributed by atoms with Crippen LogP contribution in [0.4, 0.5) is 10.8 Å². The van der Waals surface area contributed by atoms with E-state index in [0.29, 0.717) is 0 Å². The van der Waals surface area contributed by atoms with Crippen LogP contribution in [0.1, 0.15) is 39.3 Å². The van der Waals surface area contributed by atoms with Gasteiger partial charge in [-0.1, -0.05) is 33.3 Å². The van der Waals surface area contributed by atoms with Crippen LogP contribution < -0.4 is 5.32 Å². The molecule has 3 aromatic rings. The van der Waals surface area contributed by atoms with E-state index in [2.05, 4.69) is 39.7 Å². The van der Waals surface area contributed by atoms with Crippen molar-refractivity contribution in [2.75, 3.05) is 5.32 Å². The van der Waals surface area contributed by atoms with Gasteiger partial charge in [-0.2, -0.15) is 0 Å². The van der Waals surface area contributed by atoms with Crippen molar-refractivity contribution in [3.8, 4) is 0 Å². The predicted molar refractivity (Wildman–Crippen MR) is 97.1 cm³/mol. The largest absolute Gasteiger partial charge is 0.331 e. The number of nitrogens with one attached hydrogen (secondary N) is 1. The molecule has 1 aromatic carbocycles. The maximum Gasteiger partial charge on any atom is 0.187 e. The zero-order chi connectivity index (χ0) is 15.8. The fourth-order valence-corrected chi connectivity index (χ4v) is 2.92. The molecular weight excluding hydrogens is 290 g/mol. The summed E-state index contributed by atoms with van der Waals surface area (Å²) in [5.74, 6) is 0. The van der Waals surface area contributed by atoms with E-state index in [1.165, 1.54) is 18.5 Å². The Balaban J connectivity index is 0.000000847. The maximum absolute atomic E-state index is 4.64. The molecule has 0 saturated heterocycles. The van der Waals surface area contributed by atoms with Crippen molar-refractivity contribution in [1.29, 1.82) is 0 Å². The van der Waals surface area contributed by atoms with Crippen LogP contribution in [0.5, 0.6) is 0 Å². The molecule has 3 rings (SSSR count). The molecule has 0 radical (unpaired) electrons. The van der Waals surface area contributed by atoms with Gasteiger partial charge in [0.2, 0.25) is 0 Å². The third-order valence-electron chi connectivity index (χ3n) is 3.23. The van der Waals surface area contributed by atoms with E-state index in [1.807, 2.05) is 38.2 Å². The Labute approximate surface area is 136 Å². The molecule has 0 aliphatic heterocycles. The summed E-state index contributed by atoms with van der Waals surface area (Å²) in [6.45, 7) is 6.20. The van der Waals surface area contributed by atoms with E-state index in [-0.39, 0.29) is 0 Å². The predicted octanol–water partition coefficient (Wildman–Crippen LogP) is 5.80. The number of pyridine rings is 1. The molecule has 3 nitrogen and oxygen atoms in total. The molecule has 0 aliphatic rings.